The van der Waals surface area contributed by atoms with Gasteiger partial charge in [-0.15, -0.1) is 11.6 Å². The van der Waals surface area contributed by atoms with E-state index in [1.165, 1.54) is 0 Å². The van der Waals surface area contributed by atoms with Gasteiger partial charge in [0.05, 0.1) is 17.7 Å². The molecule has 1 aromatic carbocycles. The maximum absolute atomic E-state index is 9.34. The minimum Gasteiger partial charge on any atom is -0.492 e. The average Bonchev–Trinajstić information content (AvgIpc) is 2.20. The highest BCUT2D eigenvalue weighted by molar-refractivity contribution is 6.32. The molecule has 0 saturated carbocycles. The molecule has 1 aromatic rings. The molecular formula is C11H14Cl2O2. The fourth-order valence-electron chi connectivity index (χ4n) is 1.13. The Kier molecular flexibility index (Phi) is 5.23. The summed E-state index contributed by atoms with van der Waals surface area (Å²) in [5.74, 6) is 1.20. The van der Waals surface area contributed by atoms with Crippen LogP contribution >= 0.6 is 23.2 Å². The topological polar surface area (TPSA) is 29.5 Å². The zero-order valence-corrected chi connectivity index (χ0v) is 10.1. The number of aliphatic hydroxyl groups excluding tert-OH is 1. The summed E-state index contributed by atoms with van der Waals surface area (Å²) in [7, 11) is 0. The van der Waals surface area contributed by atoms with Gasteiger partial charge in [0.25, 0.3) is 0 Å². The zero-order valence-electron chi connectivity index (χ0n) is 8.54. The number of benzene rings is 1. The number of rotatable bonds is 5. The van der Waals surface area contributed by atoms with Gasteiger partial charge in [0, 0.05) is 5.88 Å². The molecular weight excluding hydrogens is 235 g/mol. The smallest absolute Gasteiger partial charge is 0.137 e. The first kappa shape index (κ1) is 12.6. The maximum Gasteiger partial charge on any atom is 0.137 e. The van der Waals surface area contributed by atoms with Crippen LogP contribution < -0.4 is 4.74 Å². The van der Waals surface area contributed by atoms with E-state index in [0.717, 1.165) is 12.0 Å². The summed E-state index contributed by atoms with van der Waals surface area (Å²) in [5, 5.41) is 9.85. The van der Waals surface area contributed by atoms with E-state index in [1.807, 2.05) is 0 Å². The molecule has 0 fully saturated rings. The van der Waals surface area contributed by atoms with Gasteiger partial charge in [0.1, 0.15) is 5.75 Å². The number of ether oxygens (including phenoxy) is 1. The van der Waals surface area contributed by atoms with Gasteiger partial charge >= 0.3 is 0 Å². The Bertz CT molecular complexity index is 313. The molecule has 0 radical (unpaired) electrons. The van der Waals surface area contributed by atoms with Crippen molar-refractivity contribution < 1.29 is 9.84 Å². The molecule has 0 spiro atoms. The second-order valence-corrected chi connectivity index (χ2v) is 4.04. The summed E-state index contributed by atoms with van der Waals surface area (Å²) in [5.41, 5.74) is 0.782. The van der Waals surface area contributed by atoms with E-state index in [0.29, 0.717) is 23.3 Å². The van der Waals surface area contributed by atoms with Crippen molar-refractivity contribution in [3.63, 3.8) is 0 Å². The first-order valence-electron chi connectivity index (χ1n) is 4.81. The molecule has 0 saturated heterocycles. The van der Waals surface area contributed by atoms with Crippen molar-refractivity contribution in [1.82, 2.24) is 0 Å². The van der Waals surface area contributed by atoms with Crippen LogP contribution in [0.25, 0.3) is 0 Å². The Morgan fingerprint density at radius 1 is 1.47 bits per heavy atom. The average molecular weight is 249 g/mol. The fourth-order valence-corrected chi connectivity index (χ4v) is 1.48. The van der Waals surface area contributed by atoms with Crippen molar-refractivity contribution in [2.45, 2.75) is 19.4 Å². The SMILES string of the molecule is CC(O)c1ccc(OCCCCl)c(Cl)c1. The van der Waals surface area contributed by atoms with Crippen molar-refractivity contribution in [2.75, 3.05) is 12.5 Å². The van der Waals surface area contributed by atoms with E-state index >= 15 is 0 Å². The maximum atomic E-state index is 9.34. The Hall–Kier alpha value is -0.440. The number of alkyl halides is 1. The van der Waals surface area contributed by atoms with Crippen LogP contribution in [0.2, 0.25) is 5.02 Å². The highest BCUT2D eigenvalue weighted by Gasteiger charge is 2.06. The molecule has 15 heavy (non-hydrogen) atoms. The lowest BCUT2D eigenvalue weighted by atomic mass is 10.1. The summed E-state index contributed by atoms with van der Waals surface area (Å²) >= 11 is 11.5. The van der Waals surface area contributed by atoms with E-state index in [4.69, 9.17) is 27.9 Å². The van der Waals surface area contributed by atoms with E-state index in [2.05, 4.69) is 0 Å². The molecule has 1 N–H and O–H groups in total. The van der Waals surface area contributed by atoms with Crippen molar-refractivity contribution in [3.8, 4) is 5.75 Å². The van der Waals surface area contributed by atoms with Crippen molar-refractivity contribution >= 4 is 23.2 Å². The molecule has 0 bridgehead atoms. The van der Waals surface area contributed by atoms with E-state index in [1.54, 1.807) is 25.1 Å². The van der Waals surface area contributed by atoms with Gasteiger partial charge in [-0.25, -0.2) is 0 Å². The molecule has 1 rings (SSSR count). The van der Waals surface area contributed by atoms with Gasteiger partial charge < -0.3 is 9.84 Å². The lowest BCUT2D eigenvalue weighted by Crippen LogP contribution is -1.99. The van der Waals surface area contributed by atoms with E-state index in [9.17, 15) is 5.11 Å². The molecule has 0 heterocycles. The third-order valence-corrected chi connectivity index (χ3v) is 2.54. The van der Waals surface area contributed by atoms with Gasteiger partial charge in [-0.05, 0) is 31.0 Å². The summed E-state index contributed by atoms with van der Waals surface area (Å²) in [6.07, 6.45) is 0.273. The van der Waals surface area contributed by atoms with Gasteiger partial charge in [0.2, 0.25) is 0 Å². The monoisotopic (exact) mass is 248 g/mol. The number of hydrogen-bond acceptors (Lipinski definition) is 2. The van der Waals surface area contributed by atoms with Crippen LogP contribution in [0.5, 0.6) is 5.75 Å². The number of halogens is 2. The summed E-state index contributed by atoms with van der Waals surface area (Å²) < 4.78 is 5.41. The molecule has 4 heteroatoms. The molecule has 0 aliphatic carbocycles. The zero-order chi connectivity index (χ0) is 11.3. The van der Waals surface area contributed by atoms with Crippen LogP contribution in [0.1, 0.15) is 25.0 Å². The molecule has 84 valence electrons. The summed E-state index contributed by atoms with van der Waals surface area (Å²) in [4.78, 5) is 0. The van der Waals surface area contributed by atoms with E-state index in [-0.39, 0.29) is 0 Å². The van der Waals surface area contributed by atoms with Crippen molar-refractivity contribution in [1.29, 1.82) is 0 Å². The Balaban J connectivity index is 2.66. The van der Waals surface area contributed by atoms with Crippen LogP contribution in [0.15, 0.2) is 18.2 Å². The number of aliphatic hydroxyl groups is 1. The van der Waals surface area contributed by atoms with Crippen LogP contribution in [-0.2, 0) is 0 Å². The van der Waals surface area contributed by atoms with Gasteiger partial charge in [-0.3, -0.25) is 0 Å². The van der Waals surface area contributed by atoms with Crippen LogP contribution in [-0.4, -0.2) is 17.6 Å². The lowest BCUT2D eigenvalue weighted by Gasteiger charge is -2.10. The molecule has 1 unspecified atom stereocenters. The van der Waals surface area contributed by atoms with Crippen LogP contribution in [0, 0.1) is 0 Å². The van der Waals surface area contributed by atoms with Crippen LogP contribution in [0.3, 0.4) is 0 Å². The number of hydrogen-bond donors (Lipinski definition) is 1. The highest BCUT2D eigenvalue weighted by Crippen LogP contribution is 2.27. The second kappa shape index (κ2) is 6.21. The Morgan fingerprint density at radius 2 is 2.20 bits per heavy atom. The molecule has 2 nitrogen and oxygen atoms in total. The molecule has 0 aromatic heterocycles. The van der Waals surface area contributed by atoms with E-state index < -0.39 is 6.10 Å². The summed E-state index contributed by atoms with van der Waals surface area (Å²) in [6, 6.07) is 5.27. The molecule has 0 amide bonds. The minimum atomic E-state index is -0.514. The predicted octanol–water partition coefficient (Wildman–Crippen LogP) is 3.40. The first-order chi connectivity index (χ1) is 7.15. The summed E-state index contributed by atoms with van der Waals surface area (Å²) in [6.45, 7) is 2.25. The standard InChI is InChI=1S/C11H14Cl2O2/c1-8(14)9-3-4-11(10(13)7-9)15-6-2-5-12/h3-4,7-8,14H,2,5-6H2,1H3. The van der Waals surface area contributed by atoms with Crippen molar-refractivity contribution in [3.05, 3.63) is 28.8 Å². The normalized spacial score (nSPS) is 12.5. The highest BCUT2D eigenvalue weighted by atomic mass is 35.5. The minimum absolute atomic E-state index is 0.514. The Labute approximate surface area is 99.8 Å². The first-order valence-corrected chi connectivity index (χ1v) is 5.72. The van der Waals surface area contributed by atoms with Crippen LogP contribution in [0.4, 0.5) is 0 Å². The van der Waals surface area contributed by atoms with Gasteiger partial charge in [-0.1, -0.05) is 17.7 Å². The fraction of sp³-hybridized carbons (Fsp3) is 0.455. The molecule has 0 aliphatic heterocycles. The third kappa shape index (κ3) is 3.90. The third-order valence-electron chi connectivity index (χ3n) is 1.97. The quantitative estimate of drug-likeness (QED) is 0.640. The van der Waals surface area contributed by atoms with Gasteiger partial charge in [-0.2, -0.15) is 0 Å². The molecule has 0 aliphatic rings. The second-order valence-electron chi connectivity index (χ2n) is 3.26. The molecule has 1 atom stereocenters. The Morgan fingerprint density at radius 3 is 2.73 bits per heavy atom. The van der Waals surface area contributed by atoms with Gasteiger partial charge in [0.15, 0.2) is 0 Å². The predicted molar refractivity (Wildman–Crippen MR) is 62.9 cm³/mol. The largest absolute Gasteiger partial charge is 0.492 e. The van der Waals surface area contributed by atoms with Crippen molar-refractivity contribution in [2.24, 2.45) is 0 Å². The lowest BCUT2D eigenvalue weighted by molar-refractivity contribution is 0.199.